The smallest absolute Gasteiger partial charge is 0.418 e. The van der Waals surface area contributed by atoms with Crippen LogP contribution in [0.25, 0.3) is 11.1 Å². The summed E-state index contributed by atoms with van der Waals surface area (Å²) in [7, 11) is -6.00. The fourth-order valence-corrected chi connectivity index (χ4v) is 2.41. The van der Waals surface area contributed by atoms with Gasteiger partial charge in [-0.2, -0.15) is 0 Å². The quantitative estimate of drug-likeness (QED) is 0.335. The van der Waals surface area contributed by atoms with Crippen LogP contribution < -0.4 is 9.57 Å². The number of pyridine rings is 1. The van der Waals surface area contributed by atoms with Crippen molar-refractivity contribution < 1.29 is 26.8 Å². The van der Waals surface area contributed by atoms with Crippen molar-refractivity contribution in [1.82, 2.24) is 0 Å². The molecule has 0 N–H and O–H groups in total. The van der Waals surface area contributed by atoms with E-state index in [1.807, 2.05) is 23.2 Å². The van der Waals surface area contributed by atoms with Crippen LogP contribution in [0.3, 0.4) is 0 Å². The molecule has 0 aliphatic heterocycles. The highest BCUT2D eigenvalue weighted by Gasteiger charge is 2.20. The van der Waals surface area contributed by atoms with Gasteiger partial charge in [0.1, 0.15) is 0 Å². The Bertz CT molecular complexity index is 599. The molecule has 0 saturated heterocycles. The lowest BCUT2D eigenvalue weighted by Gasteiger charge is -2.11. The average molecular weight is 371 g/mol. The first-order valence-electron chi connectivity index (χ1n) is 8.90. The summed E-state index contributed by atoms with van der Waals surface area (Å²) in [4.78, 5) is 5.86. The first kappa shape index (κ1) is 22.0. The Morgan fingerprint density at radius 2 is 1.46 bits per heavy atom. The fourth-order valence-electron chi connectivity index (χ4n) is 2.41. The second kappa shape index (κ2) is 11.5. The molecule has 0 aliphatic carbocycles. The van der Waals surface area contributed by atoms with Gasteiger partial charge in [0.15, 0.2) is 6.61 Å². The molecule has 144 valence electrons. The van der Waals surface area contributed by atoms with E-state index in [9.17, 15) is 17.3 Å². The topological polar surface area (TPSA) is 13.1 Å². The van der Waals surface area contributed by atoms with E-state index in [1.54, 1.807) is 0 Å². The highest BCUT2D eigenvalue weighted by Crippen LogP contribution is 2.16. The average Bonchev–Trinajstić information content (AvgIpc) is 2.62. The van der Waals surface area contributed by atoms with E-state index in [4.69, 9.17) is 4.84 Å². The maximum atomic E-state index is 9.75. The first-order chi connectivity index (χ1) is 12.3. The molecule has 0 saturated carbocycles. The van der Waals surface area contributed by atoms with Crippen molar-refractivity contribution >= 4 is 7.25 Å². The number of hydrogen-bond acceptors (Lipinski definition) is 1. The van der Waals surface area contributed by atoms with Gasteiger partial charge in [-0.05, 0) is 29.9 Å². The minimum Gasteiger partial charge on any atom is -0.418 e. The second-order valence-corrected chi connectivity index (χ2v) is 6.02. The van der Waals surface area contributed by atoms with Gasteiger partial charge in [0, 0.05) is 16.9 Å². The zero-order valence-electron chi connectivity index (χ0n) is 15.3. The molecule has 1 unspecified atom stereocenters. The molecule has 0 bridgehead atoms. The SMILES string of the molecule is CCCCC(CC)CO[n+]1ccc(-c2ccccc2)cc1.F[B-](F)(F)F. The summed E-state index contributed by atoms with van der Waals surface area (Å²) in [5, 5.41) is 0. The van der Waals surface area contributed by atoms with Crippen molar-refractivity contribution in [2.75, 3.05) is 6.61 Å². The highest BCUT2D eigenvalue weighted by atomic mass is 19.5. The van der Waals surface area contributed by atoms with Crippen LogP contribution in [0.2, 0.25) is 0 Å². The fraction of sp³-hybridized carbons (Fsp3) is 0.421. The first-order valence-corrected chi connectivity index (χ1v) is 8.90. The van der Waals surface area contributed by atoms with Gasteiger partial charge in [0.05, 0.1) is 0 Å². The third-order valence-electron chi connectivity index (χ3n) is 3.91. The predicted octanol–water partition coefficient (Wildman–Crippen LogP) is 5.59. The molecule has 0 fully saturated rings. The number of hydrogen-bond donors (Lipinski definition) is 0. The molecule has 2 rings (SSSR count). The Hall–Kier alpha value is -2.05. The third-order valence-corrected chi connectivity index (χ3v) is 3.91. The molecule has 0 radical (unpaired) electrons. The molecule has 0 aliphatic rings. The Labute approximate surface area is 152 Å². The number of benzene rings is 1. The molecular weight excluding hydrogens is 345 g/mol. The minimum absolute atomic E-state index is 0.659. The van der Waals surface area contributed by atoms with Crippen LogP contribution in [-0.2, 0) is 0 Å². The Kier molecular flexibility index (Phi) is 9.77. The lowest BCUT2D eigenvalue weighted by atomic mass is 10.0. The Morgan fingerprint density at radius 1 is 0.923 bits per heavy atom. The molecule has 1 atom stereocenters. The monoisotopic (exact) mass is 371 g/mol. The Balaban J connectivity index is 0.000000597. The van der Waals surface area contributed by atoms with E-state index < -0.39 is 7.25 Å². The summed E-state index contributed by atoms with van der Waals surface area (Å²) in [5.74, 6) is 0.659. The third kappa shape index (κ3) is 10.1. The predicted molar refractivity (Wildman–Crippen MR) is 97.0 cm³/mol. The van der Waals surface area contributed by atoms with E-state index in [0.717, 1.165) is 6.61 Å². The van der Waals surface area contributed by atoms with Crippen LogP contribution >= 0.6 is 0 Å². The van der Waals surface area contributed by atoms with Gasteiger partial charge in [0.25, 0.3) is 0 Å². The van der Waals surface area contributed by atoms with Crippen LogP contribution in [0.5, 0.6) is 0 Å². The van der Waals surface area contributed by atoms with Gasteiger partial charge in [-0.3, -0.25) is 4.84 Å². The number of rotatable bonds is 8. The maximum Gasteiger partial charge on any atom is 0.673 e. The molecule has 7 heteroatoms. The van der Waals surface area contributed by atoms with Crippen molar-refractivity contribution in [3.63, 3.8) is 0 Å². The van der Waals surface area contributed by atoms with Crippen LogP contribution in [0.1, 0.15) is 39.5 Å². The summed E-state index contributed by atoms with van der Waals surface area (Å²) in [6.07, 6.45) is 8.98. The minimum atomic E-state index is -6.00. The zero-order valence-corrected chi connectivity index (χ0v) is 15.3. The number of halogens is 4. The van der Waals surface area contributed by atoms with Crippen LogP contribution in [-0.4, -0.2) is 13.9 Å². The van der Waals surface area contributed by atoms with E-state index in [-0.39, 0.29) is 0 Å². The van der Waals surface area contributed by atoms with Gasteiger partial charge in [0.2, 0.25) is 12.4 Å². The summed E-state index contributed by atoms with van der Waals surface area (Å²) >= 11 is 0. The lowest BCUT2D eigenvalue weighted by molar-refractivity contribution is -0.892. The maximum absolute atomic E-state index is 9.75. The van der Waals surface area contributed by atoms with Crippen molar-refractivity contribution in [3.05, 3.63) is 54.9 Å². The largest absolute Gasteiger partial charge is 0.673 e. The van der Waals surface area contributed by atoms with Gasteiger partial charge < -0.3 is 17.3 Å². The second-order valence-electron chi connectivity index (χ2n) is 6.02. The van der Waals surface area contributed by atoms with Gasteiger partial charge in [-0.25, -0.2) is 0 Å². The van der Waals surface area contributed by atoms with Gasteiger partial charge in [-0.15, -0.1) is 0 Å². The van der Waals surface area contributed by atoms with Crippen LogP contribution in [0.15, 0.2) is 54.9 Å². The molecule has 1 heterocycles. The highest BCUT2D eigenvalue weighted by molar-refractivity contribution is 6.50. The number of nitrogens with zero attached hydrogens (tertiary/aromatic N) is 1. The summed E-state index contributed by atoms with van der Waals surface area (Å²) < 4.78 is 40.8. The van der Waals surface area contributed by atoms with Gasteiger partial charge in [-0.1, -0.05) is 57.0 Å². The summed E-state index contributed by atoms with van der Waals surface area (Å²) in [6.45, 7) is 5.28. The molecule has 0 spiro atoms. The van der Waals surface area contributed by atoms with Crippen molar-refractivity contribution in [2.45, 2.75) is 39.5 Å². The number of unbranched alkanes of at least 4 members (excludes halogenated alkanes) is 1. The molecule has 26 heavy (non-hydrogen) atoms. The van der Waals surface area contributed by atoms with Crippen molar-refractivity contribution in [1.29, 1.82) is 0 Å². The molecule has 0 amide bonds. The molecule has 1 aromatic heterocycles. The lowest BCUT2D eigenvalue weighted by Crippen LogP contribution is -2.43. The van der Waals surface area contributed by atoms with E-state index in [2.05, 4.69) is 50.2 Å². The Morgan fingerprint density at radius 3 is 1.96 bits per heavy atom. The molecular formula is C19H26BF4NO. The standard InChI is InChI=1S/C19H26NO.BF4/c1-3-5-9-17(4-2)16-21-20-14-12-19(13-15-20)18-10-7-6-8-11-18;2-1(3,4)5/h6-8,10-15,17H,3-5,9,16H2,1-2H3;/q+1;-1. The van der Waals surface area contributed by atoms with Crippen LogP contribution in [0, 0.1) is 5.92 Å². The van der Waals surface area contributed by atoms with Crippen molar-refractivity contribution in [3.8, 4) is 11.1 Å². The molecule has 2 nitrogen and oxygen atoms in total. The molecule has 2 aromatic rings. The number of aromatic nitrogens is 1. The van der Waals surface area contributed by atoms with Crippen molar-refractivity contribution in [2.24, 2.45) is 5.92 Å². The molecule has 1 aromatic carbocycles. The van der Waals surface area contributed by atoms with E-state index in [0.29, 0.717) is 5.92 Å². The van der Waals surface area contributed by atoms with E-state index in [1.165, 1.54) is 36.8 Å². The van der Waals surface area contributed by atoms with Crippen LogP contribution in [0.4, 0.5) is 17.3 Å². The normalized spacial score (nSPS) is 12.1. The summed E-state index contributed by atoms with van der Waals surface area (Å²) in [5.41, 5.74) is 2.45. The zero-order chi connectivity index (χ0) is 19.4. The summed E-state index contributed by atoms with van der Waals surface area (Å²) in [6, 6.07) is 14.6. The van der Waals surface area contributed by atoms with Gasteiger partial charge >= 0.3 is 7.25 Å². The van der Waals surface area contributed by atoms with E-state index >= 15 is 0 Å².